The SMILES string of the molecule is C[C@@H](O[Si](C)(C)C(C)(C)C)C1C(=O)N[C@@H]1[C@@H](C)C(=O)Oc1ccc([N+](=O)[O-])cc1[N+](=O)[O-]. The molecule has 0 spiro atoms. The van der Waals surface area contributed by atoms with Gasteiger partial charge in [0.05, 0.1) is 39.9 Å². The van der Waals surface area contributed by atoms with Gasteiger partial charge in [-0.05, 0) is 38.0 Å². The minimum atomic E-state index is -2.16. The molecule has 1 aromatic rings. The van der Waals surface area contributed by atoms with Crippen molar-refractivity contribution in [2.75, 3.05) is 0 Å². The average Bonchev–Trinajstić information content (AvgIpc) is 2.63. The van der Waals surface area contributed by atoms with Gasteiger partial charge < -0.3 is 14.5 Å². The number of nitrogens with one attached hydrogen (secondary N) is 1. The molecule has 1 N–H and O–H groups in total. The fraction of sp³-hybridized carbons (Fsp3) is 0.600. The van der Waals surface area contributed by atoms with Crippen molar-refractivity contribution in [2.24, 2.45) is 11.8 Å². The van der Waals surface area contributed by atoms with E-state index in [1.54, 1.807) is 13.8 Å². The van der Waals surface area contributed by atoms with Crippen molar-refractivity contribution in [3.05, 3.63) is 38.4 Å². The van der Waals surface area contributed by atoms with Gasteiger partial charge >= 0.3 is 11.7 Å². The number of benzene rings is 1. The number of β-lactam (4-membered cyclic amide) rings is 1. The van der Waals surface area contributed by atoms with Gasteiger partial charge in [-0.2, -0.15) is 0 Å². The number of ether oxygens (including phenoxy) is 1. The molecule has 1 aliphatic rings. The number of nitro groups is 2. The number of nitrogens with zero attached hydrogens (tertiary/aromatic N) is 2. The van der Waals surface area contributed by atoms with Crippen LogP contribution in [-0.2, 0) is 14.0 Å². The van der Waals surface area contributed by atoms with Crippen LogP contribution < -0.4 is 10.1 Å². The summed E-state index contributed by atoms with van der Waals surface area (Å²) in [7, 11) is -2.16. The number of hydrogen-bond donors (Lipinski definition) is 1. The van der Waals surface area contributed by atoms with E-state index in [4.69, 9.17) is 9.16 Å². The zero-order valence-electron chi connectivity index (χ0n) is 19.2. The fourth-order valence-corrected chi connectivity index (χ4v) is 4.70. The third kappa shape index (κ3) is 5.13. The molecule has 1 heterocycles. The minimum Gasteiger partial charge on any atom is -0.419 e. The van der Waals surface area contributed by atoms with Gasteiger partial charge in [0, 0.05) is 6.07 Å². The highest BCUT2D eigenvalue weighted by Gasteiger charge is 2.51. The van der Waals surface area contributed by atoms with Crippen LogP contribution in [0.15, 0.2) is 18.2 Å². The summed E-state index contributed by atoms with van der Waals surface area (Å²) >= 11 is 0. The monoisotopic (exact) mass is 467 g/mol. The van der Waals surface area contributed by atoms with Crippen LogP contribution in [0.1, 0.15) is 34.6 Å². The Kier molecular flexibility index (Phi) is 7.10. The van der Waals surface area contributed by atoms with E-state index in [0.29, 0.717) is 0 Å². The van der Waals surface area contributed by atoms with E-state index in [2.05, 4.69) is 39.2 Å². The number of esters is 1. The molecule has 1 amide bonds. The molecule has 176 valence electrons. The Bertz CT molecular complexity index is 943. The summed E-state index contributed by atoms with van der Waals surface area (Å²) in [5.74, 6) is -2.82. The maximum atomic E-state index is 12.7. The second-order valence-corrected chi connectivity index (χ2v) is 14.3. The maximum Gasteiger partial charge on any atom is 0.318 e. The van der Waals surface area contributed by atoms with Crippen LogP contribution in [0.5, 0.6) is 5.75 Å². The minimum absolute atomic E-state index is 0.0591. The first kappa shape index (κ1) is 25.4. The highest BCUT2D eigenvalue weighted by molar-refractivity contribution is 6.74. The molecule has 0 bridgehead atoms. The van der Waals surface area contributed by atoms with E-state index in [-0.39, 0.29) is 10.9 Å². The van der Waals surface area contributed by atoms with Crippen LogP contribution in [0.2, 0.25) is 18.1 Å². The van der Waals surface area contributed by atoms with Crippen molar-refractivity contribution >= 4 is 31.6 Å². The molecule has 1 unspecified atom stereocenters. The lowest BCUT2D eigenvalue weighted by molar-refractivity contribution is -0.394. The molecule has 1 fully saturated rings. The van der Waals surface area contributed by atoms with E-state index < -0.39 is 65.2 Å². The second kappa shape index (κ2) is 8.94. The Balaban J connectivity index is 2.16. The standard InChI is InChI=1S/C20H29N3O8Si/c1-11(17-16(18(24)21-17)12(2)31-32(6,7)20(3,4)5)19(25)30-15-9-8-13(22(26)27)10-14(15)23(28)29/h8-12,16-17H,1-7H3,(H,21,24)/t11-,12-,16?,17-/m1/s1. The van der Waals surface area contributed by atoms with Gasteiger partial charge in [-0.1, -0.05) is 20.8 Å². The lowest BCUT2D eigenvalue weighted by Crippen LogP contribution is -2.67. The number of carbonyl (C=O) groups is 2. The van der Waals surface area contributed by atoms with Gasteiger partial charge in [0.25, 0.3) is 5.69 Å². The van der Waals surface area contributed by atoms with E-state index in [9.17, 15) is 29.8 Å². The first-order valence-corrected chi connectivity index (χ1v) is 13.1. The predicted molar refractivity (Wildman–Crippen MR) is 118 cm³/mol. The van der Waals surface area contributed by atoms with Gasteiger partial charge in [-0.3, -0.25) is 29.8 Å². The Labute approximate surface area is 186 Å². The zero-order chi connectivity index (χ0) is 24.6. The third-order valence-corrected chi connectivity index (χ3v) is 10.8. The van der Waals surface area contributed by atoms with E-state index in [1.807, 2.05) is 0 Å². The van der Waals surface area contributed by atoms with Gasteiger partial charge in [0.15, 0.2) is 8.32 Å². The molecule has 0 aliphatic carbocycles. The van der Waals surface area contributed by atoms with Crippen LogP contribution >= 0.6 is 0 Å². The normalized spacial score (nSPS) is 20.5. The Morgan fingerprint density at radius 3 is 2.22 bits per heavy atom. The zero-order valence-corrected chi connectivity index (χ0v) is 20.2. The van der Waals surface area contributed by atoms with Crippen LogP contribution in [0, 0.1) is 32.1 Å². The van der Waals surface area contributed by atoms with Crippen LogP contribution in [0.3, 0.4) is 0 Å². The van der Waals surface area contributed by atoms with Gasteiger partial charge in [-0.25, -0.2) is 0 Å². The molecule has 1 aliphatic heterocycles. The maximum absolute atomic E-state index is 12.7. The number of amides is 1. The van der Waals surface area contributed by atoms with Crippen LogP contribution in [-0.4, -0.2) is 42.2 Å². The fourth-order valence-electron chi connectivity index (χ4n) is 3.27. The Morgan fingerprint density at radius 1 is 1.16 bits per heavy atom. The molecule has 12 heteroatoms. The number of nitro benzene ring substituents is 2. The highest BCUT2D eigenvalue weighted by atomic mass is 28.4. The van der Waals surface area contributed by atoms with E-state index >= 15 is 0 Å². The largest absolute Gasteiger partial charge is 0.419 e. The first-order chi connectivity index (χ1) is 14.6. The smallest absolute Gasteiger partial charge is 0.318 e. The number of non-ortho nitro benzene ring substituents is 1. The molecule has 0 aromatic heterocycles. The molecule has 0 saturated carbocycles. The summed E-state index contributed by atoms with van der Waals surface area (Å²) in [6.45, 7) is 13.7. The van der Waals surface area contributed by atoms with Crippen molar-refractivity contribution in [3.63, 3.8) is 0 Å². The van der Waals surface area contributed by atoms with Crippen molar-refractivity contribution in [1.82, 2.24) is 5.32 Å². The Morgan fingerprint density at radius 2 is 1.75 bits per heavy atom. The quantitative estimate of drug-likeness (QED) is 0.152. The molecule has 1 saturated heterocycles. The van der Waals surface area contributed by atoms with Gasteiger partial charge in [0.1, 0.15) is 0 Å². The van der Waals surface area contributed by atoms with Crippen molar-refractivity contribution in [1.29, 1.82) is 0 Å². The molecule has 0 radical (unpaired) electrons. The lowest BCUT2D eigenvalue weighted by atomic mass is 9.79. The second-order valence-electron chi connectivity index (χ2n) is 9.52. The lowest BCUT2D eigenvalue weighted by Gasteiger charge is -2.46. The molecule has 4 atom stereocenters. The molecule has 32 heavy (non-hydrogen) atoms. The number of carbonyl (C=O) groups excluding carboxylic acids is 2. The summed E-state index contributed by atoms with van der Waals surface area (Å²) in [4.78, 5) is 45.5. The summed E-state index contributed by atoms with van der Waals surface area (Å²) in [6, 6.07) is 2.20. The molecular formula is C20H29N3O8Si. The van der Waals surface area contributed by atoms with E-state index in [0.717, 1.165) is 18.2 Å². The first-order valence-electron chi connectivity index (χ1n) is 10.2. The van der Waals surface area contributed by atoms with Crippen molar-refractivity contribution in [2.45, 2.75) is 64.9 Å². The average molecular weight is 468 g/mol. The molecule has 2 rings (SSSR count). The summed E-state index contributed by atoms with van der Waals surface area (Å²) < 4.78 is 11.5. The third-order valence-electron chi connectivity index (χ3n) is 6.26. The van der Waals surface area contributed by atoms with Gasteiger partial charge in [-0.15, -0.1) is 0 Å². The molecule has 11 nitrogen and oxygen atoms in total. The summed E-state index contributed by atoms with van der Waals surface area (Å²) in [5.41, 5.74) is -1.18. The summed E-state index contributed by atoms with van der Waals surface area (Å²) in [6.07, 6.45) is -0.432. The number of hydrogen-bond acceptors (Lipinski definition) is 8. The van der Waals surface area contributed by atoms with E-state index in [1.165, 1.54) is 0 Å². The van der Waals surface area contributed by atoms with Crippen LogP contribution in [0.4, 0.5) is 11.4 Å². The number of rotatable bonds is 8. The highest BCUT2D eigenvalue weighted by Crippen LogP contribution is 2.40. The van der Waals surface area contributed by atoms with Crippen molar-refractivity contribution < 1.29 is 28.6 Å². The molecule has 1 aromatic carbocycles. The Hall–Kier alpha value is -2.86. The topological polar surface area (TPSA) is 151 Å². The van der Waals surface area contributed by atoms with Crippen LogP contribution in [0.25, 0.3) is 0 Å². The predicted octanol–water partition coefficient (Wildman–Crippen LogP) is 3.57. The molecular weight excluding hydrogens is 438 g/mol. The van der Waals surface area contributed by atoms with Gasteiger partial charge in [0.2, 0.25) is 11.7 Å². The van der Waals surface area contributed by atoms with Crippen molar-refractivity contribution in [3.8, 4) is 5.75 Å². The summed E-state index contributed by atoms with van der Waals surface area (Å²) in [5, 5.41) is 24.8.